The summed E-state index contributed by atoms with van der Waals surface area (Å²) in [7, 11) is 0. The third-order valence-electron chi connectivity index (χ3n) is 5.46. The van der Waals surface area contributed by atoms with Crippen LogP contribution >= 0.6 is 22.9 Å². The average Bonchev–Trinajstić information content (AvgIpc) is 2.48. The first kappa shape index (κ1) is 15.8. The van der Waals surface area contributed by atoms with Crippen LogP contribution < -0.4 is 3.53 Å². The van der Waals surface area contributed by atoms with E-state index in [4.69, 9.17) is 0 Å². The molecule has 2 heteroatoms. The number of nitrogens with one attached hydrogen (secondary N) is 1. The minimum absolute atomic E-state index is 0.800. The van der Waals surface area contributed by atoms with Crippen LogP contribution in [0.4, 0.5) is 0 Å². The molecule has 2 aliphatic carbocycles. The molecule has 2 rings (SSSR count). The molecule has 2 saturated carbocycles. The molecule has 1 N–H and O–H groups in total. The molecule has 19 heavy (non-hydrogen) atoms. The smallest absolute Gasteiger partial charge is 0.0172 e. The molecule has 0 aliphatic heterocycles. The quantitative estimate of drug-likeness (QED) is 0.372. The van der Waals surface area contributed by atoms with Crippen molar-refractivity contribution in [2.75, 3.05) is 0 Å². The van der Waals surface area contributed by atoms with Crippen LogP contribution in [0.2, 0.25) is 0 Å². The van der Waals surface area contributed by atoms with Crippen LogP contribution in [0.25, 0.3) is 0 Å². The van der Waals surface area contributed by atoms with E-state index in [0.29, 0.717) is 0 Å². The van der Waals surface area contributed by atoms with Gasteiger partial charge in [0.25, 0.3) is 0 Å². The molecule has 110 valence electrons. The monoisotopic (exact) mass is 375 g/mol. The van der Waals surface area contributed by atoms with Crippen molar-refractivity contribution in [3.63, 3.8) is 0 Å². The van der Waals surface area contributed by atoms with Crippen LogP contribution in [0.1, 0.15) is 71.1 Å². The Labute approximate surface area is 133 Å². The van der Waals surface area contributed by atoms with E-state index in [2.05, 4.69) is 45.5 Å². The van der Waals surface area contributed by atoms with Crippen molar-refractivity contribution < 1.29 is 0 Å². The third-order valence-corrected chi connectivity index (χ3v) is 6.34. The Hall–Kier alpha value is 0.430. The van der Waals surface area contributed by atoms with Crippen molar-refractivity contribution >= 4 is 22.9 Å². The highest BCUT2D eigenvalue weighted by Crippen LogP contribution is 2.41. The van der Waals surface area contributed by atoms with Crippen molar-refractivity contribution in [2.24, 2.45) is 17.8 Å². The van der Waals surface area contributed by atoms with Crippen LogP contribution in [-0.4, -0.2) is 6.04 Å². The molecule has 1 nitrogen and oxygen atoms in total. The van der Waals surface area contributed by atoms with Crippen molar-refractivity contribution in [1.82, 2.24) is 3.53 Å². The van der Waals surface area contributed by atoms with Crippen molar-refractivity contribution in [2.45, 2.75) is 77.2 Å². The van der Waals surface area contributed by atoms with Crippen LogP contribution in [0.3, 0.4) is 0 Å². The maximum Gasteiger partial charge on any atom is 0.0172 e. The zero-order valence-electron chi connectivity index (χ0n) is 12.4. The van der Waals surface area contributed by atoms with Gasteiger partial charge < -0.3 is 0 Å². The third kappa shape index (κ3) is 5.04. The van der Waals surface area contributed by atoms with Gasteiger partial charge in [-0.1, -0.05) is 25.0 Å². The minimum atomic E-state index is 0.800. The largest absolute Gasteiger partial charge is 0.258 e. The van der Waals surface area contributed by atoms with Gasteiger partial charge in [-0.05, 0) is 76.0 Å². The second-order valence-corrected chi connectivity index (χ2v) is 7.27. The first-order valence-electron chi connectivity index (χ1n) is 8.30. The standard InChI is InChI=1S/C17H30IN/c1-2-3-4-5-14-6-8-15(9-7-14)16-10-12-17(19-18)13-11-16/h2-3,14-17,19H,4-13H2,1H3/b3-2+. The first-order chi connectivity index (χ1) is 9.33. The molecule has 0 atom stereocenters. The molecule has 2 aliphatic rings. The van der Waals surface area contributed by atoms with E-state index in [0.717, 1.165) is 23.8 Å². The van der Waals surface area contributed by atoms with Gasteiger partial charge in [-0.15, -0.1) is 0 Å². The fraction of sp³-hybridized carbons (Fsp3) is 0.882. The predicted molar refractivity (Wildman–Crippen MR) is 92.4 cm³/mol. The summed E-state index contributed by atoms with van der Waals surface area (Å²) in [6, 6.07) is 0.800. The molecule has 0 spiro atoms. The van der Waals surface area contributed by atoms with Gasteiger partial charge in [-0.2, -0.15) is 0 Å². The van der Waals surface area contributed by atoms with Crippen molar-refractivity contribution in [3.8, 4) is 0 Å². The Morgan fingerprint density at radius 2 is 1.53 bits per heavy atom. The van der Waals surface area contributed by atoms with Crippen LogP contribution in [0.15, 0.2) is 12.2 Å². The lowest BCUT2D eigenvalue weighted by Gasteiger charge is -2.37. The second kappa shape index (κ2) is 8.66. The van der Waals surface area contributed by atoms with Crippen LogP contribution in [-0.2, 0) is 0 Å². The predicted octanol–water partition coefficient (Wildman–Crippen LogP) is 5.65. The van der Waals surface area contributed by atoms with Gasteiger partial charge >= 0.3 is 0 Å². The van der Waals surface area contributed by atoms with Gasteiger partial charge in [-0.3, -0.25) is 3.53 Å². The van der Waals surface area contributed by atoms with Crippen LogP contribution in [0.5, 0.6) is 0 Å². The molecular weight excluding hydrogens is 345 g/mol. The normalized spacial score (nSPS) is 36.7. The summed E-state index contributed by atoms with van der Waals surface area (Å²) < 4.78 is 3.43. The van der Waals surface area contributed by atoms with Gasteiger partial charge in [-0.25, -0.2) is 0 Å². The van der Waals surface area contributed by atoms with Crippen molar-refractivity contribution in [1.29, 1.82) is 0 Å². The maximum absolute atomic E-state index is 3.43. The molecule has 0 aromatic rings. The lowest BCUT2D eigenvalue weighted by Crippen LogP contribution is -2.31. The fourth-order valence-electron chi connectivity index (χ4n) is 4.15. The lowest BCUT2D eigenvalue weighted by atomic mass is 9.70. The number of hydrogen-bond acceptors (Lipinski definition) is 1. The molecule has 2 fully saturated rings. The maximum atomic E-state index is 3.43. The summed E-state index contributed by atoms with van der Waals surface area (Å²) in [6.45, 7) is 2.14. The molecule has 0 aromatic heterocycles. The zero-order chi connectivity index (χ0) is 13.5. The Kier molecular flexibility index (Phi) is 7.21. The number of hydrogen-bond donors (Lipinski definition) is 1. The van der Waals surface area contributed by atoms with E-state index >= 15 is 0 Å². The van der Waals surface area contributed by atoms with E-state index in [9.17, 15) is 0 Å². The van der Waals surface area contributed by atoms with Gasteiger partial charge in [0.05, 0.1) is 0 Å². The second-order valence-electron chi connectivity index (χ2n) is 6.65. The highest BCUT2D eigenvalue weighted by molar-refractivity contribution is 14.1. The summed E-state index contributed by atoms with van der Waals surface area (Å²) >= 11 is 2.33. The molecule has 0 bridgehead atoms. The number of allylic oxidation sites excluding steroid dienone is 2. The summed E-state index contributed by atoms with van der Waals surface area (Å²) in [6.07, 6.45) is 19.1. The summed E-state index contributed by atoms with van der Waals surface area (Å²) in [5, 5.41) is 0. The van der Waals surface area contributed by atoms with E-state index in [1.807, 2.05) is 0 Å². The number of halogens is 1. The first-order valence-corrected chi connectivity index (χ1v) is 9.38. The van der Waals surface area contributed by atoms with E-state index in [1.165, 1.54) is 64.2 Å². The lowest BCUT2D eigenvalue weighted by molar-refractivity contribution is 0.156. The molecular formula is C17H30IN. The summed E-state index contributed by atoms with van der Waals surface area (Å²) in [5.41, 5.74) is 0. The molecule has 0 amide bonds. The van der Waals surface area contributed by atoms with E-state index in [-0.39, 0.29) is 0 Å². The van der Waals surface area contributed by atoms with Gasteiger partial charge in [0, 0.05) is 28.9 Å². The Bertz CT molecular complexity index is 260. The van der Waals surface area contributed by atoms with E-state index in [1.54, 1.807) is 0 Å². The SMILES string of the molecule is C/C=C/CCC1CCC(C2CCC(NI)CC2)CC1. The topological polar surface area (TPSA) is 12.0 Å². The Morgan fingerprint density at radius 1 is 0.947 bits per heavy atom. The van der Waals surface area contributed by atoms with Gasteiger partial charge in [0.2, 0.25) is 0 Å². The summed E-state index contributed by atoms with van der Waals surface area (Å²) in [4.78, 5) is 0. The highest BCUT2D eigenvalue weighted by atomic mass is 127. The fourth-order valence-corrected chi connectivity index (χ4v) is 4.77. The molecule has 0 aromatic carbocycles. The Morgan fingerprint density at radius 3 is 2.05 bits per heavy atom. The summed E-state index contributed by atoms with van der Waals surface area (Å²) in [5.74, 6) is 3.14. The van der Waals surface area contributed by atoms with E-state index < -0.39 is 0 Å². The highest BCUT2D eigenvalue weighted by Gasteiger charge is 2.30. The van der Waals surface area contributed by atoms with Crippen molar-refractivity contribution in [3.05, 3.63) is 12.2 Å². The minimum Gasteiger partial charge on any atom is -0.258 e. The molecule has 0 unspecified atom stereocenters. The molecule has 0 saturated heterocycles. The Balaban J connectivity index is 1.66. The van der Waals surface area contributed by atoms with Gasteiger partial charge in [0.1, 0.15) is 0 Å². The van der Waals surface area contributed by atoms with Gasteiger partial charge in [0.15, 0.2) is 0 Å². The number of rotatable bonds is 5. The average molecular weight is 375 g/mol. The molecule has 0 radical (unpaired) electrons. The van der Waals surface area contributed by atoms with Crippen LogP contribution in [0, 0.1) is 17.8 Å². The molecule has 0 heterocycles. The zero-order valence-corrected chi connectivity index (χ0v) is 14.6.